The predicted octanol–water partition coefficient (Wildman–Crippen LogP) is 2.10. The average molecular weight is 328 g/mol. The summed E-state index contributed by atoms with van der Waals surface area (Å²) in [4.78, 5) is 23.8. The third-order valence-electron chi connectivity index (χ3n) is 3.37. The lowest BCUT2D eigenvalue weighted by molar-refractivity contribution is -0.123. The smallest absolute Gasteiger partial charge is 0.276 e. The number of benzene rings is 2. The molecule has 2 aromatic rings. The molecule has 2 N–H and O–H groups in total. The Morgan fingerprint density at radius 2 is 1.71 bits per heavy atom. The molecule has 6 heteroatoms. The lowest BCUT2D eigenvalue weighted by Gasteiger charge is -2.11. The topological polar surface area (TPSA) is 76.7 Å². The highest BCUT2D eigenvalue weighted by atomic mass is 16.5. The molecule has 0 aliphatic rings. The minimum atomic E-state index is -0.465. The molecule has 0 atom stereocenters. The van der Waals surface area contributed by atoms with E-state index in [1.54, 1.807) is 36.4 Å². The van der Waals surface area contributed by atoms with Crippen molar-refractivity contribution in [3.05, 3.63) is 59.7 Å². The normalized spacial score (nSPS) is 9.92. The van der Waals surface area contributed by atoms with E-state index in [0.717, 1.165) is 6.42 Å². The van der Waals surface area contributed by atoms with E-state index in [4.69, 9.17) is 9.47 Å². The van der Waals surface area contributed by atoms with Crippen LogP contribution in [-0.4, -0.2) is 25.5 Å². The highest BCUT2D eigenvalue weighted by molar-refractivity contribution is 5.97. The monoisotopic (exact) mass is 328 g/mol. The van der Waals surface area contributed by atoms with Crippen LogP contribution in [0.25, 0.3) is 0 Å². The molecule has 0 radical (unpaired) electrons. The van der Waals surface area contributed by atoms with Crippen molar-refractivity contribution >= 4 is 11.8 Å². The Labute approximate surface area is 140 Å². The second-order valence-corrected chi connectivity index (χ2v) is 4.99. The van der Waals surface area contributed by atoms with Crippen molar-refractivity contribution in [1.82, 2.24) is 10.9 Å². The first kappa shape index (κ1) is 17.3. The maximum absolute atomic E-state index is 12.0. The van der Waals surface area contributed by atoms with Gasteiger partial charge in [0.15, 0.2) is 6.61 Å². The number of amides is 2. The van der Waals surface area contributed by atoms with Crippen molar-refractivity contribution in [3.8, 4) is 11.5 Å². The van der Waals surface area contributed by atoms with Crippen LogP contribution in [-0.2, 0) is 11.2 Å². The summed E-state index contributed by atoms with van der Waals surface area (Å²) < 4.78 is 10.5. The van der Waals surface area contributed by atoms with Crippen molar-refractivity contribution in [2.75, 3.05) is 13.7 Å². The minimum absolute atomic E-state index is 0.197. The van der Waals surface area contributed by atoms with E-state index in [1.165, 1.54) is 12.7 Å². The lowest BCUT2D eigenvalue weighted by atomic mass is 10.2. The van der Waals surface area contributed by atoms with Crippen molar-refractivity contribution in [3.63, 3.8) is 0 Å². The number of para-hydroxylation sites is 1. The summed E-state index contributed by atoms with van der Waals surface area (Å²) in [6, 6.07) is 14.2. The summed E-state index contributed by atoms with van der Waals surface area (Å²) in [6.45, 7) is 1.87. The Balaban J connectivity index is 1.81. The summed E-state index contributed by atoms with van der Waals surface area (Å²) >= 11 is 0. The molecule has 2 aromatic carbocycles. The number of ether oxygens (including phenoxy) is 2. The number of hydrogen-bond acceptors (Lipinski definition) is 4. The van der Waals surface area contributed by atoms with E-state index in [0.29, 0.717) is 17.1 Å². The molecular formula is C18H20N2O4. The van der Waals surface area contributed by atoms with E-state index in [9.17, 15) is 9.59 Å². The van der Waals surface area contributed by atoms with Gasteiger partial charge in [-0.05, 0) is 36.2 Å². The van der Waals surface area contributed by atoms with Crippen LogP contribution in [0.1, 0.15) is 22.8 Å². The molecule has 0 saturated heterocycles. The average Bonchev–Trinajstić information content (AvgIpc) is 2.64. The van der Waals surface area contributed by atoms with Crippen LogP contribution in [0, 0.1) is 0 Å². The molecule has 126 valence electrons. The zero-order chi connectivity index (χ0) is 17.4. The molecule has 0 bridgehead atoms. The van der Waals surface area contributed by atoms with Gasteiger partial charge in [-0.25, -0.2) is 0 Å². The summed E-state index contributed by atoms with van der Waals surface area (Å²) in [5.41, 5.74) is 6.16. The fourth-order valence-corrected chi connectivity index (χ4v) is 2.03. The Bertz CT molecular complexity index is 698. The molecule has 0 fully saturated rings. The van der Waals surface area contributed by atoms with Crippen LogP contribution < -0.4 is 20.3 Å². The molecule has 0 aromatic heterocycles. The van der Waals surface area contributed by atoms with Gasteiger partial charge in [0, 0.05) is 0 Å². The standard InChI is InChI=1S/C18H20N2O4/c1-3-13-8-10-14(11-9-13)24-12-17(21)19-20-18(22)15-6-4-5-7-16(15)23-2/h4-11H,3,12H2,1-2H3,(H,19,21)(H,20,22). The molecule has 2 rings (SSSR count). The van der Waals surface area contributed by atoms with Gasteiger partial charge in [-0.1, -0.05) is 31.2 Å². The van der Waals surface area contributed by atoms with Crippen molar-refractivity contribution in [1.29, 1.82) is 0 Å². The zero-order valence-corrected chi connectivity index (χ0v) is 13.7. The van der Waals surface area contributed by atoms with Crippen LogP contribution in [0.15, 0.2) is 48.5 Å². The largest absolute Gasteiger partial charge is 0.496 e. The van der Waals surface area contributed by atoms with Crippen LogP contribution in [0.4, 0.5) is 0 Å². The maximum atomic E-state index is 12.0. The van der Waals surface area contributed by atoms with E-state index < -0.39 is 11.8 Å². The van der Waals surface area contributed by atoms with Gasteiger partial charge in [-0.3, -0.25) is 20.4 Å². The van der Waals surface area contributed by atoms with E-state index >= 15 is 0 Å². The van der Waals surface area contributed by atoms with Gasteiger partial charge in [0.1, 0.15) is 11.5 Å². The van der Waals surface area contributed by atoms with Crippen molar-refractivity contribution in [2.45, 2.75) is 13.3 Å². The van der Waals surface area contributed by atoms with Gasteiger partial charge in [0.05, 0.1) is 12.7 Å². The molecule has 0 aliphatic heterocycles. The fourth-order valence-electron chi connectivity index (χ4n) is 2.03. The molecule has 24 heavy (non-hydrogen) atoms. The SMILES string of the molecule is CCc1ccc(OCC(=O)NNC(=O)c2ccccc2OC)cc1. The molecule has 0 spiro atoms. The van der Waals surface area contributed by atoms with Crippen LogP contribution >= 0.6 is 0 Å². The summed E-state index contributed by atoms with van der Waals surface area (Å²) in [5, 5.41) is 0. The second-order valence-electron chi connectivity index (χ2n) is 4.99. The first-order chi connectivity index (χ1) is 11.6. The molecule has 0 aliphatic carbocycles. The molecule has 0 saturated carbocycles. The number of hydrazine groups is 1. The molecular weight excluding hydrogens is 308 g/mol. The first-order valence-electron chi connectivity index (χ1n) is 7.58. The van der Waals surface area contributed by atoms with Gasteiger partial charge in [0.25, 0.3) is 11.8 Å². The van der Waals surface area contributed by atoms with Gasteiger partial charge < -0.3 is 9.47 Å². The summed E-state index contributed by atoms with van der Waals surface area (Å²) in [7, 11) is 1.47. The third-order valence-corrected chi connectivity index (χ3v) is 3.37. The van der Waals surface area contributed by atoms with Gasteiger partial charge in [-0.15, -0.1) is 0 Å². The molecule has 2 amide bonds. The van der Waals surface area contributed by atoms with Crippen LogP contribution in [0.2, 0.25) is 0 Å². The quantitative estimate of drug-likeness (QED) is 0.796. The number of carbonyl (C=O) groups excluding carboxylic acids is 2. The minimum Gasteiger partial charge on any atom is -0.496 e. The van der Waals surface area contributed by atoms with Gasteiger partial charge in [0.2, 0.25) is 0 Å². The zero-order valence-electron chi connectivity index (χ0n) is 13.7. The van der Waals surface area contributed by atoms with E-state index in [1.807, 2.05) is 12.1 Å². The molecule has 6 nitrogen and oxygen atoms in total. The van der Waals surface area contributed by atoms with Crippen LogP contribution in [0.3, 0.4) is 0 Å². The number of aryl methyl sites for hydroxylation is 1. The van der Waals surface area contributed by atoms with E-state index in [2.05, 4.69) is 17.8 Å². The number of hydrogen-bond donors (Lipinski definition) is 2. The Morgan fingerprint density at radius 3 is 2.38 bits per heavy atom. The fraction of sp³-hybridized carbons (Fsp3) is 0.222. The van der Waals surface area contributed by atoms with Crippen molar-refractivity contribution < 1.29 is 19.1 Å². The first-order valence-corrected chi connectivity index (χ1v) is 7.58. The number of rotatable bonds is 6. The highest BCUT2D eigenvalue weighted by Crippen LogP contribution is 2.16. The molecule has 0 unspecified atom stereocenters. The van der Waals surface area contributed by atoms with E-state index in [-0.39, 0.29) is 6.61 Å². The van der Waals surface area contributed by atoms with Gasteiger partial charge >= 0.3 is 0 Å². The lowest BCUT2D eigenvalue weighted by Crippen LogP contribution is -2.43. The number of methoxy groups -OCH3 is 1. The third kappa shape index (κ3) is 4.74. The number of nitrogens with one attached hydrogen (secondary N) is 2. The predicted molar refractivity (Wildman–Crippen MR) is 89.9 cm³/mol. The summed E-state index contributed by atoms with van der Waals surface area (Å²) in [6.07, 6.45) is 0.940. The van der Waals surface area contributed by atoms with Crippen molar-refractivity contribution in [2.24, 2.45) is 0 Å². The Kier molecular flexibility index (Phi) is 6.19. The highest BCUT2D eigenvalue weighted by Gasteiger charge is 2.12. The summed E-state index contributed by atoms with van der Waals surface area (Å²) in [5.74, 6) is 0.0980. The molecule has 0 heterocycles. The van der Waals surface area contributed by atoms with Crippen LogP contribution in [0.5, 0.6) is 11.5 Å². The number of carbonyl (C=O) groups is 2. The maximum Gasteiger partial charge on any atom is 0.276 e. The Hall–Kier alpha value is -3.02. The van der Waals surface area contributed by atoms with Gasteiger partial charge in [-0.2, -0.15) is 0 Å². The second kappa shape index (κ2) is 8.57. The Morgan fingerprint density at radius 1 is 1.00 bits per heavy atom.